The molecule has 0 amide bonds. The standard InChI is InChI=1S/C6H6.CH4O3S.CH2O2/c1-2-4-6-5-3-1;1-5(2,3)4;2-1-3/h1-6H;1H3,(H,2,3,4);1H,(H,2,3). The maximum atomic E-state index is 9.19. The molecule has 0 saturated carbocycles. The fourth-order valence-corrected chi connectivity index (χ4v) is 0.385. The minimum atomic E-state index is -3.67. The van der Waals surface area contributed by atoms with Gasteiger partial charge in [-0.3, -0.25) is 9.35 Å². The van der Waals surface area contributed by atoms with E-state index in [0.29, 0.717) is 6.26 Å². The molecule has 0 saturated heterocycles. The van der Waals surface area contributed by atoms with E-state index in [1.54, 1.807) is 0 Å². The minimum Gasteiger partial charge on any atom is -0.483 e. The summed E-state index contributed by atoms with van der Waals surface area (Å²) in [5.41, 5.74) is 0. The highest BCUT2D eigenvalue weighted by molar-refractivity contribution is 7.85. The fourth-order valence-electron chi connectivity index (χ4n) is 0.385. The lowest BCUT2D eigenvalue weighted by molar-refractivity contribution is -0.122. The third-order valence-electron chi connectivity index (χ3n) is 0.667. The maximum Gasteiger partial charge on any atom is 0.290 e. The van der Waals surface area contributed by atoms with Gasteiger partial charge in [0.1, 0.15) is 0 Å². The molecule has 1 aromatic rings. The van der Waals surface area contributed by atoms with E-state index in [-0.39, 0.29) is 6.47 Å². The normalized spacial score (nSPS) is 8.43. The maximum absolute atomic E-state index is 9.19. The predicted molar refractivity (Wildman–Crippen MR) is 52.6 cm³/mol. The smallest absolute Gasteiger partial charge is 0.290 e. The van der Waals surface area contributed by atoms with Gasteiger partial charge in [-0.05, 0) is 0 Å². The average Bonchev–Trinajstić information content (AvgIpc) is 2.06. The molecule has 0 unspecified atom stereocenters. The molecular weight excluding hydrogens is 208 g/mol. The lowest BCUT2D eigenvalue weighted by atomic mass is 10.4. The molecule has 0 heterocycles. The van der Waals surface area contributed by atoms with Crippen molar-refractivity contribution in [2.45, 2.75) is 0 Å². The SMILES string of the molecule is CS(=O)(=O)O.O=CO.c1ccccc1. The Hall–Kier alpha value is -1.40. The van der Waals surface area contributed by atoms with Gasteiger partial charge < -0.3 is 5.11 Å². The molecule has 0 aliphatic rings. The summed E-state index contributed by atoms with van der Waals surface area (Å²) in [6, 6.07) is 12.0. The van der Waals surface area contributed by atoms with Gasteiger partial charge in [0.15, 0.2) is 0 Å². The monoisotopic (exact) mass is 220 g/mol. The van der Waals surface area contributed by atoms with Crippen LogP contribution in [0.15, 0.2) is 36.4 Å². The zero-order chi connectivity index (χ0) is 11.4. The van der Waals surface area contributed by atoms with Gasteiger partial charge in [0.2, 0.25) is 0 Å². The quantitative estimate of drug-likeness (QED) is 0.500. The summed E-state index contributed by atoms with van der Waals surface area (Å²) in [5.74, 6) is 0. The van der Waals surface area contributed by atoms with Gasteiger partial charge in [-0.15, -0.1) is 0 Å². The summed E-state index contributed by atoms with van der Waals surface area (Å²) in [5, 5.41) is 6.89. The molecule has 0 aromatic heterocycles. The van der Waals surface area contributed by atoms with Crippen molar-refractivity contribution in [3.8, 4) is 0 Å². The van der Waals surface area contributed by atoms with Crippen LogP contribution in [0.5, 0.6) is 0 Å². The van der Waals surface area contributed by atoms with Crippen molar-refractivity contribution >= 4 is 16.6 Å². The molecule has 0 aliphatic heterocycles. The first kappa shape index (κ1) is 15.1. The number of hydrogen-bond donors (Lipinski definition) is 2. The summed E-state index contributed by atoms with van der Waals surface area (Å²) >= 11 is 0. The molecular formula is C8H12O5S. The lowest BCUT2D eigenvalue weighted by Crippen LogP contribution is -1.88. The molecule has 0 spiro atoms. The van der Waals surface area contributed by atoms with Crippen LogP contribution in [0.3, 0.4) is 0 Å². The minimum absolute atomic E-state index is 0.250. The number of hydrogen-bond acceptors (Lipinski definition) is 3. The molecule has 14 heavy (non-hydrogen) atoms. The Morgan fingerprint density at radius 2 is 1.07 bits per heavy atom. The second-order valence-electron chi connectivity index (χ2n) is 1.99. The summed E-state index contributed by atoms with van der Waals surface area (Å²) in [4.78, 5) is 8.36. The van der Waals surface area contributed by atoms with Gasteiger partial charge >= 0.3 is 0 Å². The van der Waals surface area contributed by atoms with Gasteiger partial charge in [-0.25, -0.2) is 0 Å². The zero-order valence-corrected chi connectivity index (χ0v) is 8.39. The summed E-state index contributed by atoms with van der Waals surface area (Å²) < 4.78 is 25.9. The third kappa shape index (κ3) is 46.2. The second kappa shape index (κ2) is 9.69. The van der Waals surface area contributed by atoms with Crippen LogP contribution in [0.4, 0.5) is 0 Å². The molecule has 2 N–H and O–H groups in total. The van der Waals surface area contributed by atoms with Gasteiger partial charge in [-0.2, -0.15) is 8.42 Å². The lowest BCUT2D eigenvalue weighted by Gasteiger charge is -1.69. The first-order chi connectivity index (χ1) is 6.41. The molecule has 5 nitrogen and oxygen atoms in total. The average molecular weight is 220 g/mol. The molecule has 0 aliphatic carbocycles. The number of benzene rings is 1. The first-order valence-electron chi connectivity index (χ1n) is 3.42. The molecule has 0 radical (unpaired) electrons. The molecule has 1 rings (SSSR count). The van der Waals surface area contributed by atoms with Crippen molar-refractivity contribution in [3.05, 3.63) is 36.4 Å². The summed E-state index contributed by atoms with van der Waals surface area (Å²) in [6.07, 6.45) is 0.715. The van der Waals surface area contributed by atoms with Gasteiger partial charge in [0.25, 0.3) is 16.6 Å². The van der Waals surface area contributed by atoms with E-state index < -0.39 is 10.1 Å². The Kier molecular flexibility index (Phi) is 10.4. The van der Waals surface area contributed by atoms with Crippen molar-refractivity contribution in [1.29, 1.82) is 0 Å². The largest absolute Gasteiger partial charge is 0.483 e. The Labute approximate surface area is 82.8 Å². The highest BCUT2D eigenvalue weighted by Crippen LogP contribution is 1.79. The van der Waals surface area contributed by atoms with Crippen LogP contribution in [-0.4, -0.2) is 30.8 Å². The third-order valence-corrected chi connectivity index (χ3v) is 0.667. The van der Waals surface area contributed by atoms with Crippen LogP contribution in [-0.2, 0) is 14.9 Å². The van der Waals surface area contributed by atoms with E-state index in [4.69, 9.17) is 14.5 Å². The fraction of sp³-hybridized carbons (Fsp3) is 0.125. The van der Waals surface area contributed by atoms with Crippen molar-refractivity contribution in [2.24, 2.45) is 0 Å². The predicted octanol–water partition coefficient (Wildman–Crippen LogP) is 0.891. The van der Waals surface area contributed by atoms with E-state index in [1.807, 2.05) is 36.4 Å². The zero-order valence-electron chi connectivity index (χ0n) is 7.57. The van der Waals surface area contributed by atoms with Crippen LogP contribution in [0.2, 0.25) is 0 Å². The molecule has 0 fully saturated rings. The van der Waals surface area contributed by atoms with Crippen molar-refractivity contribution in [3.63, 3.8) is 0 Å². The van der Waals surface area contributed by atoms with E-state index in [1.165, 1.54) is 0 Å². The highest BCUT2D eigenvalue weighted by Gasteiger charge is 1.81. The first-order valence-corrected chi connectivity index (χ1v) is 5.27. The van der Waals surface area contributed by atoms with Crippen LogP contribution < -0.4 is 0 Å². The molecule has 0 bridgehead atoms. The van der Waals surface area contributed by atoms with Crippen molar-refractivity contribution in [2.75, 3.05) is 6.26 Å². The number of carboxylic acid groups (broad SMARTS) is 1. The van der Waals surface area contributed by atoms with E-state index >= 15 is 0 Å². The molecule has 1 aromatic carbocycles. The van der Waals surface area contributed by atoms with Crippen LogP contribution >= 0.6 is 0 Å². The van der Waals surface area contributed by atoms with Crippen LogP contribution in [0, 0.1) is 0 Å². The highest BCUT2D eigenvalue weighted by atomic mass is 32.2. The van der Waals surface area contributed by atoms with Gasteiger partial charge in [0.05, 0.1) is 6.26 Å². The van der Waals surface area contributed by atoms with E-state index in [0.717, 1.165) is 0 Å². The number of carbonyl (C=O) groups is 1. The molecule has 6 heteroatoms. The van der Waals surface area contributed by atoms with E-state index in [2.05, 4.69) is 0 Å². The molecule has 0 atom stereocenters. The molecule has 80 valence electrons. The van der Waals surface area contributed by atoms with Crippen LogP contribution in [0.25, 0.3) is 0 Å². The Morgan fingerprint density at radius 1 is 1.00 bits per heavy atom. The Bertz CT molecular complexity index is 271. The van der Waals surface area contributed by atoms with Gasteiger partial charge in [0, 0.05) is 0 Å². The van der Waals surface area contributed by atoms with Crippen molar-refractivity contribution < 1.29 is 22.9 Å². The summed E-state index contributed by atoms with van der Waals surface area (Å²) in [7, 11) is -3.67. The number of rotatable bonds is 0. The second-order valence-corrected chi connectivity index (χ2v) is 3.46. The topological polar surface area (TPSA) is 91.7 Å². The van der Waals surface area contributed by atoms with Gasteiger partial charge in [-0.1, -0.05) is 36.4 Å². The Morgan fingerprint density at radius 3 is 1.14 bits per heavy atom. The summed E-state index contributed by atoms with van der Waals surface area (Å²) in [6.45, 7) is -0.250. The van der Waals surface area contributed by atoms with E-state index in [9.17, 15) is 8.42 Å². The van der Waals surface area contributed by atoms with Crippen molar-refractivity contribution in [1.82, 2.24) is 0 Å². The van der Waals surface area contributed by atoms with Crippen LogP contribution in [0.1, 0.15) is 0 Å². The Balaban J connectivity index is 0.